The van der Waals surface area contributed by atoms with Crippen LogP contribution in [0.5, 0.6) is 0 Å². The first kappa shape index (κ1) is 13.1. The van der Waals surface area contributed by atoms with Crippen molar-refractivity contribution in [2.75, 3.05) is 6.54 Å². The van der Waals surface area contributed by atoms with Gasteiger partial charge in [0.1, 0.15) is 6.54 Å². The largest absolute Gasteiger partial charge is 0.408 e. The Morgan fingerprint density at radius 2 is 1.42 bits per heavy atom. The molecular formula is C15H13BN2O. The molecule has 0 saturated carbocycles. The fourth-order valence-corrected chi connectivity index (χ4v) is 1.74. The van der Waals surface area contributed by atoms with E-state index in [4.69, 9.17) is 7.98 Å². The Labute approximate surface area is 113 Å². The van der Waals surface area contributed by atoms with Crippen molar-refractivity contribution in [1.29, 1.82) is 0 Å². The number of aliphatic imine (C=N–C) groups is 1. The number of carbonyl (C=O) groups excluding carboxylic acids is 1. The molecule has 2 radical (unpaired) electrons. The predicted octanol–water partition coefficient (Wildman–Crippen LogP) is 1.72. The van der Waals surface area contributed by atoms with Gasteiger partial charge in [-0.1, -0.05) is 60.7 Å². The Balaban J connectivity index is 2.37. The molecule has 0 aliphatic carbocycles. The molecule has 2 aromatic carbocycles. The summed E-state index contributed by atoms with van der Waals surface area (Å²) in [6.07, 6.45) is 0. The summed E-state index contributed by atoms with van der Waals surface area (Å²) in [5.74, 6) is -0.315. The Morgan fingerprint density at radius 1 is 0.947 bits per heavy atom. The van der Waals surface area contributed by atoms with Crippen molar-refractivity contribution in [3.05, 3.63) is 71.8 Å². The van der Waals surface area contributed by atoms with Crippen LogP contribution in [0.1, 0.15) is 11.1 Å². The minimum absolute atomic E-state index is 0.00955. The van der Waals surface area contributed by atoms with Crippen LogP contribution in [0, 0.1) is 0 Å². The second kappa shape index (κ2) is 6.54. The minimum atomic E-state index is -0.315. The van der Waals surface area contributed by atoms with E-state index >= 15 is 0 Å². The lowest BCUT2D eigenvalue weighted by atomic mass is 10.0. The quantitative estimate of drug-likeness (QED) is 0.649. The Hall–Kier alpha value is -2.36. The lowest BCUT2D eigenvalue weighted by molar-refractivity contribution is -0.118. The van der Waals surface area contributed by atoms with Crippen LogP contribution in [0.3, 0.4) is 0 Å². The van der Waals surface area contributed by atoms with E-state index in [-0.39, 0.29) is 12.5 Å². The van der Waals surface area contributed by atoms with Gasteiger partial charge >= 0.3 is 0 Å². The van der Waals surface area contributed by atoms with Gasteiger partial charge in [0.25, 0.3) is 0 Å². The zero-order valence-corrected chi connectivity index (χ0v) is 10.4. The summed E-state index contributed by atoms with van der Waals surface area (Å²) >= 11 is 0. The van der Waals surface area contributed by atoms with E-state index in [1.807, 2.05) is 60.7 Å². The minimum Gasteiger partial charge on any atom is -0.408 e. The number of amides is 1. The molecule has 1 N–H and O–H groups in total. The van der Waals surface area contributed by atoms with Crippen LogP contribution in [-0.4, -0.2) is 26.1 Å². The zero-order chi connectivity index (χ0) is 13.5. The van der Waals surface area contributed by atoms with Crippen molar-refractivity contribution < 1.29 is 4.79 Å². The van der Waals surface area contributed by atoms with Crippen LogP contribution in [0.4, 0.5) is 0 Å². The van der Waals surface area contributed by atoms with Crippen LogP contribution in [0.25, 0.3) is 0 Å². The average Bonchev–Trinajstić information content (AvgIpc) is 2.49. The van der Waals surface area contributed by atoms with Gasteiger partial charge in [0.05, 0.1) is 5.71 Å². The van der Waals surface area contributed by atoms with Gasteiger partial charge in [-0.15, -0.1) is 0 Å². The van der Waals surface area contributed by atoms with Crippen molar-refractivity contribution >= 4 is 19.6 Å². The molecule has 0 spiro atoms. The highest BCUT2D eigenvalue weighted by molar-refractivity contribution is 6.16. The first-order valence-electron chi connectivity index (χ1n) is 5.96. The summed E-state index contributed by atoms with van der Waals surface area (Å²) in [5.41, 5.74) is 2.72. The van der Waals surface area contributed by atoms with Gasteiger partial charge in [-0.25, -0.2) is 0 Å². The highest BCUT2D eigenvalue weighted by atomic mass is 16.1. The van der Waals surface area contributed by atoms with E-state index in [1.165, 1.54) is 0 Å². The maximum Gasteiger partial charge on any atom is 0.228 e. The Morgan fingerprint density at radius 3 is 1.84 bits per heavy atom. The number of nitrogens with one attached hydrogen (secondary N) is 1. The first-order valence-corrected chi connectivity index (χ1v) is 5.96. The molecule has 0 unspecified atom stereocenters. The summed E-state index contributed by atoms with van der Waals surface area (Å²) in [6.45, 7) is 0.00955. The molecule has 0 aliphatic heterocycles. The van der Waals surface area contributed by atoms with Crippen LogP contribution in [0.15, 0.2) is 65.7 Å². The molecule has 0 bridgehead atoms. The maximum atomic E-state index is 11.2. The number of hydrogen-bond donors (Lipinski definition) is 1. The Kier molecular flexibility index (Phi) is 4.51. The van der Waals surface area contributed by atoms with Crippen molar-refractivity contribution in [1.82, 2.24) is 5.23 Å². The summed E-state index contributed by atoms with van der Waals surface area (Å²) in [6, 6.07) is 19.5. The summed E-state index contributed by atoms with van der Waals surface area (Å²) < 4.78 is 0. The average molecular weight is 248 g/mol. The lowest BCUT2D eigenvalue weighted by Gasteiger charge is -2.07. The molecule has 19 heavy (non-hydrogen) atoms. The molecule has 0 aromatic heterocycles. The highest BCUT2D eigenvalue weighted by Crippen LogP contribution is 2.10. The van der Waals surface area contributed by atoms with Crippen molar-refractivity contribution in [2.24, 2.45) is 4.99 Å². The lowest BCUT2D eigenvalue weighted by Crippen LogP contribution is -2.23. The third kappa shape index (κ3) is 3.55. The summed E-state index contributed by atoms with van der Waals surface area (Å²) in [5, 5.41) is 2.08. The second-order valence-electron chi connectivity index (χ2n) is 3.96. The number of rotatable bonds is 4. The molecule has 2 rings (SSSR count). The molecule has 1 amide bonds. The van der Waals surface area contributed by atoms with Gasteiger partial charge in [0.15, 0.2) is 0 Å². The molecule has 92 valence electrons. The standard InChI is InChI=1S/C15H13BN2O/c16-18-14(19)11-17-15(12-7-3-1-4-8-12)13-9-5-2-6-10-13/h1-10H,11H2,(H,18,19). The summed E-state index contributed by atoms with van der Waals surface area (Å²) in [4.78, 5) is 15.6. The normalized spacial score (nSPS) is 9.68. The van der Waals surface area contributed by atoms with Gasteiger partial charge in [-0.05, 0) is 0 Å². The van der Waals surface area contributed by atoms with Crippen molar-refractivity contribution in [3.63, 3.8) is 0 Å². The third-order valence-corrected chi connectivity index (χ3v) is 2.64. The fraction of sp³-hybridized carbons (Fsp3) is 0.0667. The topological polar surface area (TPSA) is 41.5 Å². The SMILES string of the molecule is [B]NC(=O)CN=C(c1ccccc1)c1ccccc1. The third-order valence-electron chi connectivity index (χ3n) is 2.64. The van der Waals surface area contributed by atoms with E-state index in [1.54, 1.807) is 0 Å². The number of hydrogen-bond acceptors (Lipinski definition) is 2. The zero-order valence-electron chi connectivity index (χ0n) is 10.4. The van der Waals surface area contributed by atoms with Gasteiger partial charge in [0, 0.05) is 11.1 Å². The maximum absolute atomic E-state index is 11.2. The molecule has 0 heterocycles. The Bertz CT molecular complexity index is 526. The molecule has 0 aliphatic rings. The van der Waals surface area contributed by atoms with Crippen LogP contribution in [0.2, 0.25) is 0 Å². The van der Waals surface area contributed by atoms with E-state index in [9.17, 15) is 4.79 Å². The number of nitrogens with zero attached hydrogens (tertiary/aromatic N) is 1. The molecule has 0 saturated heterocycles. The van der Waals surface area contributed by atoms with Crippen LogP contribution < -0.4 is 5.23 Å². The fourth-order valence-electron chi connectivity index (χ4n) is 1.74. The monoisotopic (exact) mass is 248 g/mol. The number of carbonyl (C=O) groups is 1. The van der Waals surface area contributed by atoms with E-state index < -0.39 is 0 Å². The van der Waals surface area contributed by atoms with Crippen LogP contribution >= 0.6 is 0 Å². The molecule has 0 fully saturated rings. The van der Waals surface area contributed by atoms with E-state index in [0.717, 1.165) is 16.8 Å². The molecule has 4 heteroatoms. The van der Waals surface area contributed by atoms with Crippen LogP contribution in [-0.2, 0) is 4.79 Å². The van der Waals surface area contributed by atoms with Gasteiger partial charge in [-0.3, -0.25) is 9.79 Å². The second-order valence-corrected chi connectivity index (χ2v) is 3.96. The highest BCUT2D eigenvalue weighted by Gasteiger charge is 2.06. The molecule has 3 nitrogen and oxygen atoms in total. The predicted molar refractivity (Wildman–Crippen MR) is 77.3 cm³/mol. The number of benzene rings is 2. The molecule has 0 atom stereocenters. The molecule has 2 aromatic rings. The van der Waals surface area contributed by atoms with E-state index in [2.05, 4.69) is 10.2 Å². The smallest absolute Gasteiger partial charge is 0.228 e. The van der Waals surface area contributed by atoms with Crippen molar-refractivity contribution in [3.8, 4) is 0 Å². The summed E-state index contributed by atoms with van der Waals surface area (Å²) in [7, 11) is 5.07. The van der Waals surface area contributed by atoms with E-state index in [0.29, 0.717) is 0 Å². The van der Waals surface area contributed by atoms with Crippen molar-refractivity contribution in [2.45, 2.75) is 0 Å². The molecular weight excluding hydrogens is 235 g/mol. The first-order chi connectivity index (χ1) is 9.31. The van der Waals surface area contributed by atoms with Gasteiger partial charge < -0.3 is 5.23 Å². The van der Waals surface area contributed by atoms with Gasteiger partial charge in [0.2, 0.25) is 13.9 Å². The van der Waals surface area contributed by atoms with Gasteiger partial charge in [-0.2, -0.15) is 0 Å².